The summed E-state index contributed by atoms with van der Waals surface area (Å²) in [5.41, 5.74) is 6.69. The van der Waals surface area contributed by atoms with Crippen LogP contribution in [0.25, 0.3) is 0 Å². The average Bonchev–Trinajstić information content (AvgIpc) is 3.50. The van der Waals surface area contributed by atoms with Crippen molar-refractivity contribution in [3.63, 3.8) is 0 Å². The van der Waals surface area contributed by atoms with Gasteiger partial charge in [0.25, 0.3) is 0 Å². The Balaban J connectivity index is 1.48. The highest BCUT2D eigenvalue weighted by atomic mass is 32.2. The summed E-state index contributed by atoms with van der Waals surface area (Å²) >= 11 is 1.60. The van der Waals surface area contributed by atoms with E-state index in [-0.39, 0.29) is 19.8 Å². The van der Waals surface area contributed by atoms with Crippen LogP contribution < -0.4 is 4.74 Å². The molecular formula is C34H27NO5S. The Kier molecular flexibility index (Phi) is 9.03. The van der Waals surface area contributed by atoms with E-state index in [1.807, 2.05) is 72.8 Å². The molecule has 4 aromatic rings. The van der Waals surface area contributed by atoms with Crippen LogP contribution in [0.1, 0.15) is 51.2 Å². The summed E-state index contributed by atoms with van der Waals surface area (Å²) in [6.07, 6.45) is 2.75. The molecule has 0 radical (unpaired) electrons. The first kappa shape index (κ1) is 28.0. The Bertz CT molecular complexity index is 1610. The third kappa shape index (κ3) is 7.36. The van der Waals surface area contributed by atoms with Crippen molar-refractivity contribution in [1.29, 1.82) is 0 Å². The summed E-state index contributed by atoms with van der Waals surface area (Å²) in [4.78, 5) is 17.7. The molecule has 41 heavy (non-hydrogen) atoms. The summed E-state index contributed by atoms with van der Waals surface area (Å²) in [5.74, 6) is 12.3. The van der Waals surface area contributed by atoms with E-state index in [1.54, 1.807) is 11.8 Å². The number of aliphatic hydroxyl groups excluding tert-OH is 2. The van der Waals surface area contributed by atoms with Gasteiger partial charge < -0.3 is 20.1 Å². The molecule has 1 aliphatic rings. The lowest BCUT2D eigenvalue weighted by Gasteiger charge is -2.13. The molecule has 0 bridgehead atoms. The standard InChI is InChI=1S/C34H27NO5S/c36-20-25-8-4-23(5-9-25)12-14-27-18-29(19-28(35-27)15-13-24-6-10-26(21-37)11-7-24)41-33-17-16-32(40-22-34(38)39)30-2-1-3-31(30)33/h4-11,16-19,36-37H,1-3,20-22H2,(H,38,39). The lowest BCUT2D eigenvalue weighted by Crippen LogP contribution is -2.10. The van der Waals surface area contributed by atoms with Crippen molar-refractivity contribution in [2.24, 2.45) is 0 Å². The maximum Gasteiger partial charge on any atom is 0.341 e. The number of hydrogen-bond acceptors (Lipinski definition) is 6. The number of aliphatic hydroxyl groups is 2. The van der Waals surface area contributed by atoms with E-state index < -0.39 is 5.97 Å². The lowest BCUT2D eigenvalue weighted by atomic mass is 10.1. The molecule has 0 amide bonds. The largest absolute Gasteiger partial charge is 0.482 e. The van der Waals surface area contributed by atoms with Gasteiger partial charge in [0.1, 0.15) is 17.1 Å². The lowest BCUT2D eigenvalue weighted by molar-refractivity contribution is -0.139. The van der Waals surface area contributed by atoms with Crippen molar-refractivity contribution in [2.75, 3.05) is 6.61 Å². The molecule has 204 valence electrons. The van der Waals surface area contributed by atoms with E-state index in [4.69, 9.17) is 9.84 Å². The third-order valence-corrected chi connectivity index (χ3v) is 7.59. The minimum atomic E-state index is -0.997. The summed E-state index contributed by atoms with van der Waals surface area (Å²) < 4.78 is 5.55. The van der Waals surface area contributed by atoms with E-state index in [2.05, 4.69) is 28.7 Å². The number of aliphatic carboxylic acids is 1. The number of pyridine rings is 1. The van der Waals surface area contributed by atoms with Gasteiger partial charge in [-0.05, 0) is 102 Å². The maximum atomic E-state index is 11.0. The van der Waals surface area contributed by atoms with E-state index in [9.17, 15) is 15.0 Å². The summed E-state index contributed by atoms with van der Waals surface area (Å²) in [6, 6.07) is 22.5. The molecule has 0 spiro atoms. The highest BCUT2D eigenvalue weighted by Gasteiger charge is 2.21. The van der Waals surface area contributed by atoms with Crippen LogP contribution in [0.2, 0.25) is 0 Å². The predicted octanol–water partition coefficient (Wildman–Crippen LogP) is 4.97. The molecule has 1 aliphatic carbocycles. The Morgan fingerprint density at radius 2 is 1.34 bits per heavy atom. The highest BCUT2D eigenvalue weighted by Crippen LogP contribution is 2.40. The number of carboxylic acid groups (broad SMARTS) is 1. The van der Waals surface area contributed by atoms with Crippen LogP contribution in [0.4, 0.5) is 0 Å². The minimum Gasteiger partial charge on any atom is -0.482 e. The molecule has 7 heteroatoms. The molecule has 0 saturated heterocycles. The number of aromatic nitrogens is 1. The zero-order valence-electron chi connectivity index (χ0n) is 22.2. The maximum absolute atomic E-state index is 11.0. The number of carboxylic acids is 1. The van der Waals surface area contributed by atoms with Crippen molar-refractivity contribution in [1.82, 2.24) is 4.98 Å². The van der Waals surface area contributed by atoms with Gasteiger partial charge >= 0.3 is 5.97 Å². The van der Waals surface area contributed by atoms with Gasteiger partial charge in [-0.25, -0.2) is 9.78 Å². The second-order valence-corrected chi connectivity index (χ2v) is 10.6. The smallest absolute Gasteiger partial charge is 0.341 e. The SMILES string of the molecule is O=C(O)COc1ccc(Sc2cc(C#Cc3ccc(CO)cc3)nc(C#Cc3ccc(CO)cc3)c2)c2c1CCC2. The molecule has 1 aromatic heterocycles. The van der Waals surface area contributed by atoms with E-state index in [1.165, 1.54) is 5.56 Å². The fourth-order valence-corrected chi connectivity index (χ4v) is 5.57. The first-order valence-corrected chi connectivity index (χ1v) is 14.0. The Morgan fingerprint density at radius 3 is 1.88 bits per heavy atom. The van der Waals surface area contributed by atoms with E-state index in [0.29, 0.717) is 17.1 Å². The Labute approximate surface area is 243 Å². The number of benzene rings is 3. The molecule has 0 atom stereocenters. The number of nitrogens with zero attached hydrogens (tertiary/aromatic N) is 1. The summed E-state index contributed by atoms with van der Waals surface area (Å²) in [7, 11) is 0. The summed E-state index contributed by atoms with van der Waals surface area (Å²) in [5, 5.41) is 27.6. The first-order chi connectivity index (χ1) is 20.0. The molecule has 3 aromatic carbocycles. The van der Waals surface area contributed by atoms with Crippen LogP contribution in [-0.2, 0) is 30.8 Å². The van der Waals surface area contributed by atoms with Gasteiger partial charge in [-0.2, -0.15) is 0 Å². The summed E-state index contributed by atoms with van der Waals surface area (Å²) in [6.45, 7) is -0.399. The monoisotopic (exact) mass is 561 g/mol. The third-order valence-electron chi connectivity index (χ3n) is 6.52. The average molecular weight is 562 g/mol. The number of hydrogen-bond donors (Lipinski definition) is 3. The van der Waals surface area contributed by atoms with Crippen molar-refractivity contribution in [3.8, 4) is 29.4 Å². The fraction of sp³-hybridized carbons (Fsp3) is 0.176. The second-order valence-electron chi connectivity index (χ2n) is 9.44. The normalized spacial score (nSPS) is 11.6. The number of carbonyl (C=O) groups is 1. The highest BCUT2D eigenvalue weighted by molar-refractivity contribution is 7.99. The van der Waals surface area contributed by atoms with E-state index in [0.717, 1.165) is 56.9 Å². The van der Waals surface area contributed by atoms with Crippen molar-refractivity contribution in [2.45, 2.75) is 42.3 Å². The molecule has 3 N–H and O–H groups in total. The van der Waals surface area contributed by atoms with Crippen LogP contribution in [0.15, 0.2) is 82.6 Å². The quantitative estimate of drug-likeness (QED) is 0.274. The molecule has 6 nitrogen and oxygen atoms in total. The zero-order valence-corrected chi connectivity index (χ0v) is 23.0. The molecule has 0 aliphatic heterocycles. The first-order valence-electron chi connectivity index (χ1n) is 13.1. The van der Waals surface area contributed by atoms with Crippen LogP contribution in [0.3, 0.4) is 0 Å². The van der Waals surface area contributed by atoms with Gasteiger partial charge in [-0.1, -0.05) is 47.9 Å². The Morgan fingerprint density at radius 1 is 0.780 bits per heavy atom. The van der Waals surface area contributed by atoms with Crippen LogP contribution in [0.5, 0.6) is 5.75 Å². The molecule has 0 saturated carbocycles. The van der Waals surface area contributed by atoms with Gasteiger partial charge in [0.05, 0.1) is 13.2 Å². The van der Waals surface area contributed by atoms with Gasteiger partial charge in [-0.15, -0.1) is 0 Å². The topological polar surface area (TPSA) is 99.9 Å². The van der Waals surface area contributed by atoms with Crippen molar-refractivity contribution >= 4 is 17.7 Å². The van der Waals surface area contributed by atoms with Gasteiger partial charge in [0, 0.05) is 20.9 Å². The number of fused-ring (bicyclic) bond motifs is 1. The minimum absolute atomic E-state index is 0.0182. The zero-order chi connectivity index (χ0) is 28.6. The molecular weight excluding hydrogens is 534 g/mol. The number of rotatable bonds is 7. The fourth-order valence-electron chi connectivity index (χ4n) is 4.49. The van der Waals surface area contributed by atoms with Crippen molar-refractivity contribution in [3.05, 3.63) is 118 Å². The molecule has 1 heterocycles. The Hall–Kier alpha value is -4.53. The van der Waals surface area contributed by atoms with Crippen LogP contribution >= 0.6 is 11.8 Å². The molecule has 0 unspecified atom stereocenters. The van der Waals surface area contributed by atoms with Crippen LogP contribution in [0, 0.1) is 23.7 Å². The van der Waals surface area contributed by atoms with Gasteiger partial charge in [-0.3, -0.25) is 0 Å². The van der Waals surface area contributed by atoms with Gasteiger partial charge in [0.15, 0.2) is 6.61 Å². The number of ether oxygens (including phenoxy) is 1. The van der Waals surface area contributed by atoms with Crippen LogP contribution in [-0.4, -0.2) is 32.9 Å². The van der Waals surface area contributed by atoms with E-state index >= 15 is 0 Å². The predicted molar refractivity (Wildman–Crippen MR) is 157 cm³/mol. The molecule has 0 fully saturated rings. The molecule has 5 rings (SSSR count). The van der Waals surface area contributed by atoms with Gasteiger partial charge in [0.2, 0.25) is 0 Å². The second kappa shape index (κ2) is 13.2. The van der Waals surface area contributed by atoms with Crippen molar-refractivity contribution < 1.29 is 24.9 Å².